The molecular formula is C29H45ClN4O4S. The molecule has 218 valence electrons. The first-order valence-electron chi connectivity index (χ1n) is 13.6. The quantitative estimate of drug-likeness (QED) is 0.280. The van der Waals surface area contributed by atoms with E-state index in [2.05, 4.69) is 36.7 Å². The maximum Gasteiger partial charge on any atom is 0.251 e. The van der Waals surface area contributed by atoms with Gasteiger partial charge in [-0.15, -0.1) is 12.4 Å². The average Bonchev–Trinajstić information content (AvgIpc) is 2.86. The van der Waals surface area contributed by atoms with Crippen LogP contribution in [-0.2, 0) is 16.4 Å². The van der Waals surface area contributed by atoms with Gasteiger partial charge in [0.1, 0.15) is 0 Å². The SMILES string of the molecule is CCNc1cc(C(=O)N[C@@H](Cc2ccccc2)[C@H](O)CNCCC(C)(C)C)cc(N2CCCCS2(=O)=O)c1.Cl. The minimum Gasteiger partial charge on any atom is -0.390 e. The van der Waals surface area contributed by atoms with E-state index in [1.165, 1.54) is 4.31 Å². The predicted octanol–water partition coefficient (Wildman–Crippen LogP) is 4.20. The van der Waals surface area contributed by atoms with Crippen LogP contribution in [0.15, 0.2) is 48.5 Å². The van der Waals surface area contributed by atoms with Gasteiger partial charge in [-0.05, 0) is 68.3 Å². The summed E-state index contributed by atoms with van der Waals surface area (Å²) in [4.78, 5) is 13.5. The minimum atomic E-state index is -3.43. The van der Waals surface area contributed by atoms with Gasteiger partial charge < -0.3 is 21.1 Å². The third-order valence-electron chi connectivity index (χ3n) is 6.68. The highest BCUT2D eigenvalue weighted by molar-refractivity contribution is 7.92. The van der Waals surface area contributed by atoms with Crippen LogP contribution in [0.4, 0.5) is 11.4 Å². The van der Waals surface area contributed by atoms with E-state index in [9.17, 15) is 18.3 Å². The molecule has 3 rings (SSSR count). The number of aliphatic hydroxyl groups is 1. The summed E-state index contributed by atoms with van der Waals surface area (Å²) in [5, 5.41) is 20.7. The van der Waals surface area contributed by atoms with Crippen LogP contribution in [0.3, 0.4) is 0 Å². The number of nitrogens with zero attached hydrogens (tertiary/aromatic N) is 1. The lowest BCUT2D eigenvalue weighted by atomic mass is 9.92. The number of amides is 1. The summed E-state index contributed by atoms with van der Waals surface area (Å²) >= 11 is 0. The number of benzene rings is 2. The number of aliphatic hydroxyl groups excluding tert-OH is 1. The van der Waals surface area contributed by atoms with Crippen molar-refractivity contribution in [2.75, 3.05) is 41.6 Å². The van der Waals surface area contributed by atoms with Crippen LogP contribution in [0.25, 0.3) is 0 Å². The van der Waals surface area contributed by atoms with Crippen molar-refractivity contribution in [3.63, 3.8) is 0 Å². The summed E-state index contributed by atoms with van der Waals surface area (Å²) in [5.41, 5.74) is 2.71. The van der Waals surface area contributed by atoms with E-state index in [0.29, 0.717) is 49.4 Å². The third-order valence-corrected chi connectivity index (χ3v) is 8.55. The van der Waals surface area contributed by atoms with E-state index >= 15 is 0 Å². The van der Waals surface area contributed by atoms with Gasteiger partial charge in [0, 0.05) is 30.9 Å². The normalized spacial score (nSPS) is 16.6. The molecule has 2 aromatic rings. The van der Waals surface area contributed by atoms with Crippen molar-refractivity contribution in [2.45, 2.75) is 65.5 Å². The Hall–Kier alpha value is -2.33. The number of nitrogens with one attached hydrogen (secondary N) is 3. The van der Waals surface area contributed by atoms with E-state index in [-0.39, 0.29) is 29.5 Å². The van der Waals surface area contributed by atoms with Crippen molar-refractivity contribution >= 4 is 39.7 Å². The molecule has 4 N–H and O–H groups in total. The van der Waals surface area contributed by atoms with E-state index in [0.717, 1.165) is 24.9 Å². The van der Waals surface area contributed by atoms with Crippen molar-refractivity contribution in [1.29, 1.82) is 0 Å². The number of sulfonamides is 1. The Morgan fingerprint density at radius 1 is 1.10 bits per heavy atom. The summed E-state index contributed by atoms with van der Waals surface area (Å²) in [6.07, 6.45) is 2.05. The van der Waals surface area contributed by atoms with Gasteiger partial charge in [0.05, 0.1) is 23.6 Å². The minimum absolute atomic E-state index is 0. The molecule has 0 saturated carbocycles. The molecule has 0 unspecified atom stereocenters. The molecule has 8 nitrogen and oxygen atoms in total. The number of halogens is 1. The maximum absolute atomic E-state index is 13.5. The zero-order valence-corrected chi connectivity index (χ0v) is 25.2. The topological polar surface area (TPSA) is 111 Å². The lowest BCUT2D eigenvalue weighted by molar-refractivity contribution is 0.0829. The second-order valence-electron chi connectivity index (χ2n) is 11.2. The van der Waals surface area contributed by atoms with E-state index < -0.39 is 22.2 Å². The predicted molar refractivity (Wildman–Crippen MR) is 163 cm³/mol. The van der Waals surface area contributed by atoms with Crippen molar-refractivity contribution in [3.05, 3.63) is 59.7 Å². The molecule has 1 aliphatic heterocycles. The van der Waals surface area contributed by atoms with Gasteiger partial charge in [-0.3, -0.25) is 9.10 Å². The Kier molecular flexibility index (Phi) is 12.5. The molecule has 0 spiro atoms. The zero-order chi connectivity index (χ0) is 27.8. The van der Waals surface area contributed by atoms with Gasteiger partial charge in [0.2, 0.25) is 10.0 Å². The Bertz CT molecular complexity index is 1160. The fourth-order valence-corrected chi connectivity index (χ4v) is 6.15. The Balaban J connectivity index is 0.00000533. The highest BCUT2D eigenvalue weighted by Gasteiger charge is 2.28. The second kappa shape index (κ2) is 14.9. The second-order valence-corrected chi connectivity index (χ2v) is 13.3. The zero-order valence-electron chi connectivity index (χ0n) is 23.6. The van der Waals surface area contributed by atoms with Crippen LogP contribution < -0.4 is 20.3 Å². The van der Waals surface area contributed by atoms with Crippen molar-refractivity contribution in [1.82, 2.24) is 10.6 Å². The van der Waals surface area contributed by atoms with Gasteiger partial charge in [-0.25, -0.2) is 8.42 Å². The molecule has 1 saturated heterocycles. The number of anilines is 2. The Morgan fingerprint density at radius 3 is 2.46 bits per heavy atom. The summed E-state index contributed by atoms with van der Waals surface area (Å²) in [5.74, 6) is -0.247. The average molecular weight is 581 g/mol. The first kappa shape index (κ1) is 32.9. The lowest BCUT2D eigenvalue weighted by Crippen LogP contribution is -2.49. The van der Waals surface area contributed by atoms with Crippen molar-refractivity contribution in [2.24, 2.45) is 5.41 Å². The third kappa shape index (κ3) is 10.3. The van der Waals surface area contributed by atoms with E-state index in [1.54, 1.807) is 18.2 Å². The van der Waals surface area contributed by atoms with Crippen molar-refractivity contribution < 1.29 is 18.3 Å². The van der Waals surface area contributed by atoms with Gasteiger partial charge in [0.25, 0.3) is 5.91 Å². The van der Waals surface area contributed by atoms with Crippen LogP contribution in [0.5, 0.6) is 0 Å². The highest BCUT2D eigenvalue weighted by atomic mass is 35.5. The number of rotatable bonds is 12. The smallest absolute Gasteiger partial charge is 0.251 e. The van der Waals surface area contributed by atoms with Crippen LogP contribution >= 0.6 is 12.4 Å². The number of carbonyl (C=O) groups is 1. The fraction of sp³-hybridized carbons (Fsp3) is 0.552. The molecule has 10 heteroatoms. The molecule has 0 aromatic heterocycles. The molecular weight excluding hydrogens is 536 g/mol. The summed E-state index contributed by atoms with van der Waals surface area (Å²) in [6, 6.07) is 14.4. The van der Waals surface area contributed by atoms with Gasteiger partial charge in [-0.1, -0.05) is 51.1 Å². The number of hydrogen-bond acceptors (Lipinski definition) is 6. The Labute approximate surface area is 240 Å². The van der Waals surface area contributed by atoms with Crippen LogP contribution in [0.1, 0.15) is 62.9 Å². The number of hydrogen-bond donors (Lipinski definition) is 4. The van der Waals surface area contributed by atoms with Gasteiger partial charge in [-0.2, -0.15) is 0 Å². The first-order valence-corrected chi connectivity index (χ1v) is 15.2. The molecule has 1 fully saturated rings. The molecule has 1 amide bonds. The molecule has 0 bridgehead atoms. The van der Waals surface area contributed by atoms with Gasteiger partial charge in [0.15, 0.2) is 0 Å². The summed E-state index contributed by atoms with van der Waals surface area (Å²) < 4.78 is 26.9. The number of carbonyl (C=O) groups excluding carboxylic acids is 1. The summed E-state index contributed by atoms with van der Waals surface area (Å²) in [6.45, 7) is 10.6. The molecule has 2 atom stereocenters. The fourth-order valence-electron chi connectivity index (χ4n) is 4.53. The van der Waals surface area contributed by atoms with E-state index in [4.69, 9.17) is 0 Å². The maximum atomic E-state index is 13.5. The largest absolute Gasteiger partial charge is 0.390 e. The molecule has 39 heavy (non-hydrogen) atoms. The van der Waals surface area contributed by atoms with Crippen molar-refractivity contribution in [3.8, 4) is 0 Å². The van der Waals surface area contributed by atoms with Crippen LogP contribution in [0.2, 0.25) is 0 Å². The molecule has 0 radical (unpaired) electrons. The first-order chi connectivity index (χ1) is 18.0. The highest BCUT2D eigenvalue weighted by Crippen LogP contribution is 2.28. The monoisotopic (exact) mass is 580 g/mol. The van der Waals surface area contributed by atoms with Gasteiger partial charge >= 0.3 is 0 Å². The van der Waals surface area contributed by atoms with Crippen LogP contribution in [0, 0.1) is 5.41 Å². The molecule has 1 aliphatic rings. The molecule has 2 aromatic carbocycles. The standard InChI is InChI=1S/C29H44N4O4S.ClH/c1-5-31-24-18-23(19-25(20-24)33-15-9-10-16-38(33,36)37)28(35)32-26(17-22-11-7-6-8-12-22)27(34)21-30-14-13-29(2,3)4;/h6-8,11-12,18-20,26-27,30-31,34H,5,9-10,13-17,21H2,1-4H3,(H,32,35);1H/t26-,27+;/m0./s1. The summed E-state index contributed by atoms with van der Waals surface area (Å²) in [7, 11) is -3.43. The van der Waals surface area contributed by atoms with E-state index in [1.807, 2.05) is 37.3 Å². The molecule has 0 aliphatic carbocycles. The lowest BCUT2D eigenvalue weighted by Gasteiger charge is -2.29. The Morgan fingerprint density at radius 2 is 1.82 bits per heavy atom. The molecule has 1 heterocycles. The van der Waals surface area contributed by atoms with Crippen LogP contribution in [-0.4, -0.2) is 63.5 Å².